The Balaban J connectivity index is 1.90. The molecule has 2 bridgehead atoms. The van der Waals surface area contributed by atoms with Gasteiger partial charge in [0, 0.05) is 4.88 Å². The first kappa shape index (κ1) is 21.6. The number of carbonyl (C=O) groups excluding carboxylic acids is 2. The van der Waals surface area contributed by atoms with Crippen LogP contribution in [0.4, 0.5) is 5.00 Å². The van der Waals surface area contributed by atoms with Gasteiger partial charge in [0.1, 0.15) is 5.00 Å². The fourth-order valence-corrected chi connectivity index (χ4v) is 6.21. The van der Waals surface area contributed by atoms with Crippen molar-refractivity contribution in [1.29, 1.82) is 0 Å². The number of allylic oxidation sites excluding steroid dienone is 2. The number of hydrogen-bond acceptors (Lipinski definition) is 5. The van der Waals surface area contributed by atoms with Crippen molar-refractivity contribution in [3.05, 3.63) is 27.7 Å². The predicted octanol–water partition coefficient (Wildman–Crippen LogP) is 4.51. The molecular weight excluding hydrogens is 390 g/mol. The van der Waals surface area contributed by atoms with Gasteiger partial charge in [0.05, 0.1) is 24.0 Å². The first-order valence-corrected chi connectivity index (χ1v) is 11.1. The minimum atomic E-state index is -0.917. The van der Waals surface area contributed by atoms with E-state index in [-0.39, 0.29) is 24.3 Å². The molecule has 29 heavy (non-hydrogen) atoms. The van der Waals surface area contributed by atoms with Crippen LogP contribution < -0.4 is 5.32 Å². The van der Waals surface area contributed by atoms with Crippen LogP contribution in [0, 0.1) is 23.7 Å². The van der Waals surface area contributed by atoms with Crippen molar-refractivity contribution >= 4 is 34.2 Å². The summed E-state index contributed by atoms with van der Waals surface area (Å²) in [6, 6.07) is 1.78. The molecule has 1 heterocycles. The van der Waals surface area contributed by atoms with Gasteiger partial charge in [-0.1, -0.05) is 24.5 Å². The number of aliphatic carboxylic acids is 1. The average molecular weight is 420 g/mol. The van der Waals surface area contributed by atoms with Crippen LogP contribution >= 0.6 is 11.3 Å². The van der Waals surface area contributed by atoms with Gasteiger partial charge in [-0.3, -0.25) is 9.59 Å². The molecule has 0 saturated heterocycles. The van der Waals surface area contributed by atoms with Gasteiger partial charge in [0.15, 0.2) is 0 Å². The van der Waals surface area contributed by atoms with E-state index in [1.807, 2.05) is 13.8 Å². The molecule has 2 fully saturated rings. The molecule has 2 aliphatic rings. The minimum absolute atomic E-state index is 0.0350. The smallest absolute Gasteiger partial charge is 0.341 e. The fourth-order valence-electron chi connectivity index (χ4n) is 5.06. The Kier molecular flexibility index (Phi) is 6.46. The number of carboxylic acids is 1. The van der Waals surface area contributed by atoms with Crippen molar-refractivity contribution < 1.29 is 24.2 Å². The molecule has 2 saturated carbocycles. The van der Waals surface area contributed by atoms with Gasteiger partial charge in [-0.05, 0) is 57.9 Å². The van der Waals surface area contributed by atoms with Gasteiger partial charge in [0.25, 0.3) is 0 Å². The highest BCUT2D eigenvalue weighted by molar-refractivity contribution is 7.16. The van der Waals surface area contributed by atoms with Crippen LogP contribution in [0.15, 0.2) is 17.2 Å². The van der Waals surface area contributed by atoms with Crippen LogP contribution in [-0.4, -0.2) is 29.6 Å². The number of fused-ring (bicyclic) bond motifs is 2. The fraction of sp³-hybridized carbons (Fsp3) is 0.591. The quantitative estimate of drug-likeness (QED) is 0.501. The van der Waals surface area contributed by atoms with E-state index in [9.17, 15) is 19.5 Å². The third kappa shape index (κ3) is 3.97. The molecule has 1 aromatic heterocycles. The minimum Gasteiger partial charge on any atom is -0.481 e. The summed E-state index contributed by atoms with van der Waals surface area (Å²) < 4.78 is 5.14. The summed E-state index contributed by atoms with van der Waals surface area (Å²) >= 11 is 1.37. The van der Waals surface area contributed by atoms with Crippen molar-refractivity contribution in [2.45, 2.75) is 53.4 Å². The number of aryl methyl sites for hydroxylation is 1. The SMILES string of the molecule is CCCc1cc(C(=O)OCC)c(NC(=O)[C@H]2[C@@H](C(=O)O)[C@@H]3CC[C@@H]2C3=C(C)C)s1. The third-order valence-electron chi connectivity index (χ3n) is 6.02. The summed E-state index contributed by atoms with van der Waals surface area (Å²) in [7, 11) is 0. The van der Waals surface area contributed by atoms with E-state index in [0.717, 1.165) is 41.7 Å². The highest BCUT2D eigenvalue weighted by Crippen LogP contribution is 2.57. The lowest BCUT2D eigenvalue weighted by molar-refractivity contribution is -0.148. The van der Waals surface area contributed by atoms with E-state index in [1.165, 1.54) is 11.3 Å². The molecular formula is C22H29NO5S. The standard InChI is InChI=1S/C22H29NO5S/c1-5-7-12-10-15(22(27)28-6-2)20(29-12)23-19(24)17-13-8-9-14(16(13)11(3)4)18(17)21(25)26/h10,13-14,17-18H,5-9H2,1-4H3,(H,23,24)(H,25,26)/t13-,14-,17-,18+/m1/s1. The van der Waals surface area contributed by atoms with Gasteiger partial charge in [-0.2, -0.15) is 0 Å². The number of ether oxygens (including phenoxy) is 1. The molecule has 0 unspecified atom stereocenters. The second-order valence-electron chi connectivity index (χ2n) is 8.05. The Hall–Kier alpha value is -2.15. The lowest BCUT2D eigenvalue weighted by Crippen LogP contribution is -2.37. The number of rotatable bonds is 7. The Morgan fingerprint density at radius 1 is 1.17 bits per heavy atom. The van der Waals surface area contributed by atoms with Gasteiger partial charge in [0.2, 0.25) is 5.91 Å². The highest BCUT2D eigenvalue weighted by atomic mass is 32.1. The van der Waals surface area contributed by atoms with Crippen molar-refractivity contribution in [2.24, 2.45) is 23.7 Å². The second kappa shape index (κ2) is 8.69. The maximum Gasteiger partial charge on any atom is 0.341 e. The average Bonchev–Trinajstić information content (AvgIpc) is 3.33. The van der Waals surface area contributed by atoms with Gasteiger partial charge >= 0.3 is 11.9 Å². The number of amides is 1. The van der Waals surface area contributed by atoms with Crippen LogP contribution in [-0.2, 0) is 20.7 Å². The molecule has 1 amide bonds. The highest BCUT2D eigenvalue weighted by Gasteiger charge is 2.57. The number of nitrogens with one attached hydrogen (secondary N) is 1. The van der Waals surface area contributed by atoms with Crippen molar-refractivity contribution in [1.82, 2.24) is 0 Å². The molecule has 3 rings (SSSR count). The third-order valence-corrected chi connectivity index (χ3v) is 7.13. The number of carboxylic acid groups (broad SMARTS) is 1. The van der Waals surface area contributed by atoms with Crippen LogP contribution in [0.1, 0.15) is 62.2 Å². The van der Waals surface area contributed by atoms with Crippen LogP contribution in [0.3, 0.4) is 0 Å². The van der Waals surface area contributed by atoms with E-state index in [1.54, 1.807) is 13.0 Å². The number of hydrogen-bond donors (Lipinski definition) is 2. The zero-order valence-electron chi connectivity index (χ0n) is 17.4. The molecule has 2 N–H and O–H groups in total. The Morgan fingerprint density at radius 2 is 1.83 bits per heavy atom. The first-order chi connectivity index (χ1) is 13.8. The second-order valence-corrected chi connectivity index (χ2v) is 9.19. The lowest BCUT2D eigenvalue weighted by atomic mass is 9.79. The Bertz CT molecular complexity index is 851. The van der Waals surface area contributed by atoms with Crippen LogP contribution in [0.5, 0.6) is 0 Å². The van der Waals surface area contributed by atoms with Crippen molar-refractivity contribution in [3.8, 4) is 0 Å². The van der Waals surface area contributed by atoms with E-state index >= 15 is 0 Å². The summed E-state index contributed by atoms with van der Waals surface area (Å²) in [5.74, 6) is -3.11. The summed E-state index contributed by atoms with van der Waals surface area (Å²) in [4.78, 5) is 38.6. The lowest BCUT2D eigenvalue weighted by Gasteiger charge is -2.26. The maximum absolute atomic E-state index is 13.2. The molecule has 158 valence electrons. The van der Waals surface area contributed by atoms with Gasteiger partial charge in [-0.25, -0.2) is 4.79 Å². The summed E-state index contributed by atoms with van der Waals surface area (Å²) in [5, 5.41) is 13.2. The van der Waals surface area contributed by atoms with Gasteiger partial charge < -0.3 is 15.2 Å². The molecule has 0 spiro atoms. The molecule has 7 heteroatoms. The summed E-state index contributed by atoms with van der Waals surface area (Å²) in [6.07, 6.45) is 3.39. The predicted molar refractivity (Wildman–Crippen MR) is 112 cm³/mol. The van der Waals surface area contributed by atoms with Crippen LogP contribution in [0.2, 0.25) is 0 Å². The zero-order valence-corrected chi connectivity index (χ0v) is 18.2. The van der Waals surface area contributed by atoms with Crippen molar-refractivity contribution in [3.63, 3.8) is 0 Å². The van der Waals surface area contributed by atoms with E-state index in [2.05, 4.69) is 12.2 Å². The molecule has 4 atom stereocenters. The number of carbonyl (C=O) groups is 3. The normalized spacial score (nSPS) is 25.2. The topological polar surface area (TPSA) is 92.7 Å². The maximum atomic E-state index is 13.2. The summed E-state index contributed by atoms with van der Waals surface area (Å²) in [5.41, 5.74) is 2.61. The number of esters is 1. The first-order valence-electron chi connectivity index (χ1n) is 10.3. The molecule has 2 aliphatic carbocycles. The summed E-state index contributed by atoms with van der Waals surface area (Å²) in [6.45, 7) is 8.03. The van der Waals surface area contributed by atoms with Crippen molar-refractivity contribution in [2.75, 3.05) is 11.9 Å². The molecule has 0 aromatic carbocycles. The Morgan fingerprint density at radius 3 is 2.38 bits per heavy atom. The monoisotopic (exact) mass is 419 g/mol. The molecule has 1 aromatic rings. The molecule has 0 radical (unpaired) electrons. The number of thiophene rings is 1. The van der Waals surface area contributed by atoms with E-state index in [4.69, 9.17) is 4.74 Å². The molecule has 6 nitrogen and oxygen atoms in total. The molecule has 0 aliphatic heterocycles. The largest absolute Gasteiger partial charge is 0.481 e. The zero-order chi connectivity index (χ0) is 21.3. The Labute approximate surface area is 175 Å². The van der Waals surface area contributed by atoms with Gasteiger partial charge in [-0.15, -0.1) is 11.3 Å². The van der Waals surface area contributed by atoms with E-state index in [0.29, 0.717) is 10.6 Å². The van der Waals surface area contributed by atoms with Crippen LogP contribution in [0.25, 0.3) is 0 Å². The van der Waals surface area contributed by atoms with E-state index < -0.39 is 23.8 Å². The number of anilines is 1.